The minimum absolute atomic E-state index is 0.408. The Kier molecular flexibility index (Phi) is 6.69. The van der Waals surface area contributed by atoms with E-state index >= 15 is 0 Å². The quantitative estimate of drug-likeness (QED) is 0.416. The van der Waals surface area contributed by atoms with Crippen molar-refractivity contribution in [1.29, 1.82) is 0 Å². The monoisotopic (exact) mass is 354 g/mol. The van der Waals surface area contributed by atoms with Crippen molar-refractivity contribution < 1.29 is 0 Å². The molecule has 0 spiro atoms. The Hall–Kier alpha value is 1.58. The summed E-state index contributed by atoms with van der Waals surface area (Å²) < 4.78 is 0.816. The smallest absolute Gasteiger partial charge is 0.0781 e. The molecule has 0 radical (unpaired) electrons. The highest BCUT2D eigenvalue weighted by atomic mass is 33.1. The molecule has 0 saturated carbocycles. The number of hydrogen-bond donors (Lipinski definition) is 0. The molecule has 2 rings (SSSR count). The third-order valence-corrected chi connectivity index (χ3v) is 12.2. The van der Waals surface area contributed by atoms with Gasteiger partial charge in [0.1, 0.15) is 0 Å². The van der Waals surface area contributed by atoms with Crippen molar-refractivity contribution in [2.45, 2.75) is 21.0 Å². The van der Waals surface area contributed by atoms with Crippen molar-refractivity contribution in [3.8, 4) is 0 Å². The fourth-order valence-electron chi connectivity index (χ4n) is 1.73. The molecular weight excluding hydrogens is 337 g/mol. The fourth-order valence-corrected chi connectivity index (χ4v) is 10.2. The molecule has 0 aromatic carbocycles. The first-order chi connectivity index (χ1) is 8.74. The minimum atomic E-state index is 0.408. The summed E-state index contributed by atoms with van der Waals surface area (Å²) in [5.41, 5.74) is 0. The largest absolute Gasteiger partial charge is 0.146 e. The molecule has 0 fully saturated rings. The first-order valence-electron chi connectivity index (χ1n) is 5.75. The zero-order valence-electron chi connectivity index (χ0n) is 10.6. The second-order valence-corrected chi connectivity index (χ2v) is 12.1. The molecule has 0 N–H and O–H groups in total. The molecule has 6 heteroatoms. The maximum atomic E-state index is 2.31. The van der Waals surface area contributed by atoms with E-state index in [-0.39, 0.29) is 0 Å². The molecule has 2 heterocycles. The van der Waals surface area contributed by atoms with E-state index in [1.807, 2.05) is 47.0 Å². The SMILES string of the molecule is CSC1(CSSCC2(SC)CC=CS2)CC=CS1. The van der Waals surface area contributed by atoms with Gasteiger partial charge in [0.2, 0.25) is 0 Å². The van der Waals surface area contributed by atoms with Gasteiger partial charge in [0.05, 0.1) is 8.16 Å². The van der Waals surface area contributed by atoms with Gasteiger partial charge in [-0.15, -0.1) is 47.0 Å². The first-order valence-corrected chi connectivity index (χ1v) is 12.4. The lowest BCUT2D eigenvalue weighted by Crippen LogP contribution is -2.20. The minimum Gasteiger partial charge on any atom is -0.146 e. The van der Waals surface area contributed by atoms with E-state index in [1.165, 1.54) is 24.3 Å². The van der Waals surface area contributed by atoms with Crippen molar-refractivity contribution in [2.24, 2.45) is 0 Å². The molecule has 2 aliphatic rings. The van der Waals surface area contributed by atoms with E-state index in [4.69, 9.17) is 0 Å². The van der Waals surface area contributed by atoms with Gasteiger partial charge in [0.25, 0.3) is 0 Å². The van der Waals surface area contributed by atoms with Crippen molar-refractivity contribution in [2.75, 3.05) is 24.0 Å². The molecule has 102 valence electrons. The summed E-state index contributed by atoms with van der Waals surface area (Å²) in [6.45, 7) is 0. The van der Waals surface area contributed by atoms with E-state index in [0.29, 0.717) is 8.16 Å². The van der Waals surface area contributed by atoms with E-state index < -0.39 is 0 Å². The van der Waals surface area contributed by atoms with Crippen LogP contribution in [0, 0.1) is 0 Å². The number of hydrogen-bond acceptors (Lipinski definition) is 6. The summed E-state index contributed by atoms with van der Waals surface area (Å²) in [5.74, 6) is 2.47. The highest BCUT2D eigenvalue weighted by Gasteiger charge is 2.33. The van der Waals surface area contributed by atoms with Crippen molar-refractivity contribution >= 4 is 68.6 Å². The third kappa shape index (κ3) is 4.04. The Balaban J connectivity index is 1.69. The molecule has 0 aliphatic carbocycles. The van der Waals surface area contributed by atoms with Crippen LogP contribution in [0.25, 0.3) is 0 Å². The van der Waals surface area contributed by atoms with Crippen LogP contribution in [0.2, 0.25) is 0 Å². The van der Waals surface area contributed by atoms with Gasteiger partial charge in [-0.2, -0.15) is 0 Å². The highest BCUT2D eigenvalue weighted by Crippen LogP contribution is 2.51. The van der Waals surface area contributed by atoms with Gasteiger partial charge < -0.3 is 0 Å². The van der Waals surface area contributed by atoms with Crippen LogP contribution in [-0.4, -0.2) is 32.2 Å². The van der Waals surface area contributed by atoms with Gasteiger partial charge in [-0.25, -0.2) is 0 Å². The summed E-state index contributed by atoms with van der Waals surface area (Å²) in [5, 5.41) is 4.53. The Morgan fingerprint density at radius 2 is 1.33 bits per heavy atom. The first kappa shape index (κ1) is 16.0. The van der Waals surface area contributed by atoms with E-state index in [2.05, 4.69) is 57.1 Å². The van der Waals surface area contributed by atoms with Gasteiger partial charge in [-0.3, -0.25) is 0 Å². The fraction of sp³-hybridized carbons (Fsp3) is 0.667. The molecular formula is C12H18S6. The molecule has 0 bridgehead atoms. The molecule has 2 unspecified atom stereocenters. The normalized spacial score (nSPS) is 34.6. The average molecular weight is 355 g/mol. The summed E-state index contributed by atoms with van der Waals surface area (Å²) in [7, 11) is 4.11. The van der Waals surface area contributed by atoms with Crippen molar-refractivity contribution in [3.63, 3.8) is 0 Å². The van der Waals surface area contributed by atoms with Crippen LogP contribution < -0.4 is 0 Å². The summed E-state index contributed by atoms with van der Waals surface area (Å²) in [4.78, 5) is 0. The summed E-state index contributed by atoms with van der Waals surface area (Å²) in [6.07, 6.45) is 11.5. The molecule has 18 heavy (non-hydrogen) atoms. The zero-order valence-corrected chi connectivity index (χ0v) is 15.5. The Labute approximate surface area is 136 Å². The van der Waals surface area contributed by atoms with E-state index in [1.54, 1.807) is 0 Å². The molecule has 2 atom stereocenters. The molecule has 2 aliphatic heterocycles. The zero-order chi connectivity index (χ0) is 12.9. The van der Waals surface area contributed by atoms with Crippen molar-refractivity contribution in [3.05, 3.63) is 23.0 Å². The lowest BCUT2D eigenvalue weighted by Gasteiger charge is -2.27. The molecule has 0 amide bonds. The van der Waals surface area contributed by atoms with Gasteiger partial charge in [-0.1, -0.05) is 33.7 Å². The maximum Gasteiger partial charge on any atom is 0.0781 e. The van der Waals surface area contributed by atoms with Crippen LogP contribution in [0.1, 0.15) is 12.8 Å². The summed E-state index contributed by atoms with van der Waals surface area (Å²) in [6, 6.07) is 0. The van der Waals surface area contributed by atoms with Gasteiger partial charge in [0, 0.05) is 11.5 Å². The molecule has 0 aromatic rings. The second-order valence-electron chi connectivity index (χ2n) is 4.14. The average Bonchev–Trinajstić information content (AvgIpc) is 3.06. The molecule has 0 aromatic heterocycles. The van der Waals surface area contributed by atoms with Crippen LogP contribution in [0.4, 0.5) is 0 Å². The second kappa shape index (κ2) is 7.55. The van der Waals surface area contributed by atoms with E-state index in [0.717, 1.165) is 0 Å². The van der Waals surface area contributed by atoms with Crippen LogP contribution in [-0.2, 0) is 0 Å². The van der Waals surface area contributed by atoms with Gasteiger partial charge in [0.15, 0.2) is 0 Å². The molecule has 0 nitrogen and oxygen atoms in total. The summed E-state index contributed by atoms with van der Waals surface area (Å²) >= 11 is 8.03. The van der Waals surface area contributed by atoms with Gasteiger partial charge >= 0.3 is 0 Å². The van der Waals surface area contributed by atoms with Crippen LogP contribution in [0.3, 0.4) is 0 Å². The van der Waals surface area contributed by atoms with Crippen LogP contribution >= 0.6 is 68.6 Å². The number of rotatable bonds is 7. The standard InChI is InChI=1S/C12H18S6/c1-13-11(5-3-7-15-11)9-17-18-10-12(14-2)6-4-8-16-12/h3-4,7-8H,5-6,9-10H2,1-2H3. The number of thioether (sulfide) groups is 4. The highest BCUT2D eigenvalue weighted by molar-refractivity contribution is 8.77. The van der Waals surface area contributed by atoms with Crippen LogP contribution in [0.5, 0.6) is 0 Å². The number of allylic oxidation sites excluding steroid dienone is 2. The predicted octanol–water partition coefficient (Wildman–Crippen LogP) is 5.79. The molecule has 0 saturated heterocycles. The Bertz CT molecular complexity index is 277. The predicted molar refractivity (Wildman–Crippen MR) is 100 cm³/mol. The Morgan fingerprint density at radius 1 is 0.889 bits per heavy atom. The van der Waals surface area contributed by atoms with Crippen LogP contribution in [0.15, 0.2) is 23.0 Å². The maximum absolute atomic E-state index is 2.31. The lowest BCUT2D eigenvalue weighted by atomic mass is 10.3. The van der Waals surface area contributed by atoms with E-state index in [9.17, 15) is 0 Å². The topological polar surface area (TPSA) is 0 Å². The van der Waals surface area contributed by atoms with Gasteiger partial charge in [-0.05, 0) is 36.2 Å². The Morgan fingerprint density at radius 3 is 1.61 bits per heavy atom. The third-order valence-electron chi connectivity index (χ3n) is 3.00. The lowest BCUT2D eigenvalue weighted by molar-refractivity contribution is 0.946. The van der Waals surface area contributed by atoms with Crippen molar-refractivity contribution in [1.82, 2.24) is 0 Å².